The largest absolute Gasteiger partial charge is 0.419 e. The lowest BCUT2D eigenvalue weighted by atomic mass is 10.1. The predicted molar refractivity (Wildman–Crippen MR) is 106 cm³/mol. The highest BCUT2D eigenvalue weighted by atomic mass is 35.5. The van der Waals surface area contributed by atoms with Crippen molar-refractivity contribution in [3.05, 3.63) is 58.0 Å². The molecule has 0 radical (unpaired) electrons. The van der Waals surface area contributed by atoms with Crippen LogP contribution in [0.4, 0.5) is 24.5 Å². The summed E-state index contributed by atoms with van der Waals surface area (Å²) in [5.41, 5.74) is 1.45. The van der Waals surface area contributed by atoms with Gasteiger partial charge in [0.2, 0.25) is 0 Å². The van der Waals surface area contributed by atoms with Crippen LogP contribution in [0.15, 0.2) is 36.8 Å². The SMILES string of the molecule is Cc1c(N2CCN(c3ccc(Cl)cc3Cl)CC2)c(C(F)(F)F)cn2ccnc12. The van der Waals surface area contributed by atoms with Crippen LogP contribution >= 0.6 is 23.2 Å². The minimum atomic E-state index is -4.45. The standard InChI is InChI=1S/C19H17Cl2F3N4/c1-12-17(14(19(22,23)24)11-28-5-4-25-18(12)28)27-8-6-26(7-9-27)16-3-2-13(20)10-15(16)21/h2-5,10-11H,6-9H2,1H3. The van der Waals surface area contributed by atoms with Crippen molar-refractivity contribution in [1.82, 2.24) is 9.38 Å². The van der Waals surface area contributed by atoms with Gasteiger partial charge in [-0.3, -0.25) is 0 Å². The molecule has 4 nitrogen and oxygen atoms in total. The topological polar surface area (TPSA) is 23.8 Å². The number of rotatable bonds is 2. The number of imidazole rings is 1. The summed E-state index contributed by atoms with van der Waals surface area (Å²) in [6.07, 6.45) is -0.295. The molecule has 28 heavy (non-hydrogen) atoms. The van der Waals surface area contributed by atoms with E-state index in [9.17, 15) is 13.2 Å². The van der Waals surface area contributed by atoms with Gasteiger partial charge in [-0.05, 0) is 25.1 Å². The summed E-state index contributed by atoms with van der Waals surface area (Å²) in [5, 5.41) is 1.08. The Morgan fingerprint density at radius 2 is 1.71 bits per heavy atom. The first-order chi connectivity index (χ1) is 13.3. The molecule has 0 spiro atoms. The van der Waals surface area contributed by atoms with Crippen molar-refractivity contribution in [1.29, 1.82) is 0 Å². The molecule has 0 N–H and O–H groups in total. The summed E-state index contributed by atoms with van der Waals surface area (Å²) in [5.74, 6) is 0. The number of piperazine rings is 1. The highest BCUT2D eigenvalue weighted by molar-refractivity contribution is 6.36. The molecule has 1 aliphatic rings. The monoisotopic (exact) mass is 428 g/mol. The number of nitrogens with zero attached hydrogens (tertiary/aromatic N) is 4. The molecule has 0 atom stereocenters. The van der Waals surface area contributed by atoms with E-state index in [1.807, 2.05) is 6.07 Å². The van der Waals surface area contributed by atoms with Gasteiger partial charge in [0.15, 0.2) is 0 Å². The highest BCUT2D eigenvalue weighted by Gasteiger charge is 2.37. The second-order valence-corrected chi connectivity index (χ2v) is 7.59. The van der Waals surface area contributed by atoms with E-state index >= 15 is 0 Å². The fourth-order valence-electron chi connectivity index (χ4n) is 3.74. The number of halogens is 5. The highest BCUT2D eigenvalue weighted by Crippen LogP contribution is 2.40. The maximum absolute atomic E-state index is 13.7. The quantitative estimate of drug-likeness (QED) is 0.553. The predicted octanol–water partition coefficient (Wildman–Crippen LogP) is 5.29. The minimum absolute atomic E-state index is 0.202. The van der Waals surface area contributed by atoms with Crippen molar-refractivity contribution in [2.24, 2.45) is 0 Å². The van der Waals surface area contributed by atoms with Crippen molar-refractivity contribution < 1.29 is 13.2 Å². The van der Waals surface area contributed by atoms with Crippen LogP contribution in [0.25, 0.3) is 5.65 Å². The van der Waals surface area contributed by atoms with Gasteiger partial charge in [0.05, 0.1) is 22.0 Å². The third-order valence-corrected chi connectivity index (χ3v) is 5.57. The average molecular weight is 429 g/mol. The van der Waals surface area contributed by atoms with Gasteiger partial charge >= 0.3 is 6.18 Å². The molecule has 148 valence electrons. The molecule has 0 aliphatic carbocycles. The van der Waals surface area contributed by atoms with Crippen LogP contribution in [0.1, 0.15) is 11.1 Å². The normalized spacial score (nSPS) is 15.5. The first-order valence-electron chi connectivity index (χ1n) is 8.74. The lowest BCUT2D eigenvalue weighted by Crippen LogP contribution is -2.47. The summed E-state index contributed by atoms with van der Waals surface area (Å²) >= 11 is 12.2. The molecule has 0 unspecified atom stereocenters. The zero-order valence-electron chi connectivity index (χ0n) is 15.0. The Morgan fingerprint density at radius 1 is 1.04 bits per heavy atom. The molecule has 1 saturated heterocycles. The van der Waals surface area contributed by atoms with E-state index in [-0.39, 0.29) is 5.69 Å². The molecule has 1 fully saturated rings. The molecule has 3 aromatic rings. The van der Waals surface area contributed by atoms with Gasteiger partial charge in [0.1, 0.15) is 5.65 Å². The molecule has 3 heterocycles. The van der Waals surface area contributed by atoms with E-state index in [2.05, 4.69) is 9.88 Å². The number of hydrogen-bond donors (Lipinski definition) is 0. The molecule has 4 rings (SSSR count). The van der Waals surface area contributed by atoms with Crippen LogP contribution in [0.2, 0.25) is 10.0 Å². The Kier molecular flexibility index (Phi) is 4.83. The lowest BCUT2D eigenvalue weighted by Gasteiger charge is -2.39. The van der Waals surface area contributed by atoms with E-state index in [4.69, 9.17) is 23.2 Å². The van der Waals surface area contributed by atoms with Gasteiger partial charge in [-0.1, -0.05) is 23.2 Å². The number of aryl methyl sites for hydroxylation is 1. The fourth-order valence-corrected chi connectivity index (χ4v) is 4.27. The molecule has 1 aromatic carbocycles. The molecule has 2 aromatic heterocycles. The smallest absolute Gasteiger partial charge is 0.367 e. The molecular formula is C19H17Cl2F3N4. The number of pyridine rings is 1. The number of hydrogen-bond acceptors (Lipinski definition) is 3. The van der Waals surface area contributed by atoms with Crippen molar-refractivity contribution in [3.8, 4) is 0 Å². The van der Waals surface area contributed by atoms with Crippen molar-refractivity contribution >= 4 is 40.2 Å². The number of anilines is 2. The molecule has 0 amide bonds. The van der Waals surface area contributed by atoms with Crippen molar-refractivity contribution in [2.75, 3.05) is 36.0 Å². The van der Waals surface area contributed by atoms with Gasteiger partial charge in [0.25, 0.3) is 0 Å². The molecule has 0 bridgehead atoms. The summed E-state index contributed by atoms with van der Waals surface area (Å²) in [4.78, 5) is 8.05. The van der Waals surface area contributed by atoms with Gasteiger partial charge in [0, 0.05) is 55.4 Å². The van der Waals surface area contributed by atoms with Gasteiger partial charge in [-0.2, -0.15) is 13.2 Å². The third kappa shape index (κ3) is 3.37. The minimum Gasteiger partial charge on any atom is -0.367 e. The first kappa shape index (κ1) is 19.2. The summed E-state index contributed by atoms with van der Waals surface area (Å²) < 4.78 is 42.7. The van der Waals surface area contributed by atoms with Crippen LogP contribution in [0.5, 0.6) is 0 Å². The Hall–Kier alpha value is -2.12. The maximum Gasteiger partial charge on any atom is 0.419 e. The molecule has 0 saturated carbocycles. The van der Waals surface area contributed by atoms with Gasteiger partial charge in [-0.25, -0.2) is 4.98 Å². The number of aromatic nitrogens is 2. The summed E-state index contributed by atoms with van der Waals surface area (Å²) in [7, 11) is 0. The van der Waals surface area contributed by atoms with E-state index < -0.39 is 11.7 Å². The zero-order valence-corrected chi connectivity index (χ0v) is 16.5. The second kappa shape index (κ2) is 7.04. The van der Waals surface area contributed by atoms with Crippen LogP contribution in [0.3, 0.4) is 0 Å². The Labute approximate surface area is 170 Å². The first-order valence-corrected chi connectivity index (χ1v) is 9.49. The van der Waals surface area contributed by atoms with Crippen LogP contribution < -0.4 is 9.80 Å². The van der Waals surface area contributed by atoms with E-state index in [0.717, 1.165) is 11.9 Å². The third-order valence-electron chi connectivity index (χ3n) is 5.03. The molecule has 9 heteroatoms. The average Bonchev–Trinajstić information content (AvgIpc) is 3.10. The lowest BCUT2D eigenvalue weighted by molar-refractivity contribution is -0.137. The van der Waals surface area contributed by atoms with Gasteiger partial charge < -0.3 is 14.2 Å². The Morgan fingerprint density at radius 3 is 2.36 bits per heavy atom. The van der Waals surface area contributed by atoms with Crippen molar-refractivity contribution in [3.63, 3.8) is 0 Å². The Balaban J connectivity index is 1.66. The maximum atomic E-state index is 13.7. The zero-order chi connectivity index (χ0) is 20.1. The summed E-state index contributed by atoms with van der Waals surface area (Å²) in [6, 6.07) is 5.26. The van der Waals surface area contributed by atoms with Crippen molar-refractivity contribution in [2.45, 2.75) is 13.1 Å². The van der Waals surface area contributed by atoms with Gasteiger partial charge in [-0.15, -0.1) is 0 Å². The second-order valence-electron chi connectivity index (χ2n) is 6.74. The van der Waals surface area contributed by atoms with Crippen LogP contribution in [-0.4, -0.2) is 35.6 Å². The van der Waals surface area contributed by atoms with E-state index in [1.165, 1.54) is 16.8 Å². The summed E-state index contributed by atoms with van der Waals surface area (Å²) in [6.45, 7) is 3.68. The van der Waals surface area contributed by atoms with Crippen LogP contribution in [0, 0.1) is 6.92 Å². The fraction of sp³-hybridized carbons (Fsp3) is 0.316. The number of benzene rings is 1. The molecular weight excluding hydrogens is 412 g/mol. The Bertz CT molecular complexity index is 1020. The van der Waals surface area contributed by atoms with E-state index in [1.54, 1.807) is 24.0 Å². The number of alkyl halides is 3. The number of fused-ring (bicyclic) bond motifs is 1. The van der Waals surface area contributed by atoms with E-state index in [0.29, 0.717) is 47.4 Å². The van der Waals surface area contributed by atoms with Crippen LogP contribution in [-0.2, 0) is 6.18 Å². The molecule has 1 aliphatic heterocycles.